The van der Waals surface area contributed by atoms with E-state index in [1.807, 2.05) is 0 Å². The Labute approximate surface area is 168 Å². The van der Waals surface area contributed by atoms with E-state index in [1.54, 1.807) is 0 Å². The lowest BCUT2D eigenvalue weighted by atomic mass is 9.58. The zero-order valence-electron chi connectivity index (χ0n) is 17.3. The van der Waals surface area contributed by atoms with Gasteiger partial charge >= 0.3 is 0 Å². The molecule has 7 atom stereocenters. The molecule has 0 aromatic rings. The molecule has 162 valence electrons. The highest BCUT2D eigenvalue weighted by Gasteiger charge is 2.49. The Morgan fingerprint density at radius 3 is 1.68 bits per heavy atom. The van der Waals surface area contributed by atoms with Crippen LogP contribution in [0, 0.1) is 41.4 Å². The van der Waals surface area contributed by atoms with E-state index in [4.69, 9.17) is 0 Å². The maximum Gasteiger partial charge on any atom is 0.162 e. The summed E-state index contributed by atoms with van der Waals surface area (Å²) in [5.74, 6) is 2.44. The van der Waals surface area contributed by atoms with Crippen molar-refractivity contribution in [3.63, 3.8) is 0 Å². The molecular weight excluding hydrogens is 364 g/mol. The first-order valence-corrected chi connectivity index (χ1v) is 12.0. The molecule has 4 rings (SSSR count). The Balaban J connectivity index is 1.33. The van der Waals surface area contributed by atoms with Gasteiger partial charge in [-0.1, -0.05) is 26.2 Å². The number of alkyl halides is 4. The molecule has 4 heteroatoms. The van der Waals surface area contributed by atoms with Crippen LogP contribution in [0.15, 0.2) is 0 Å². The van der Waals surface area contributed by atoms with Gasteiger partial charge in [-0.2, -0.15) is 0 Å². The van der Waals surface area contributed by atoms with E-state index >= 15 is 4.39 Å². The molecular formula is C24H38F4. The van der Waals surface area contributed by atoms with Crippen LogP contribution in [0.5, 0.6) is 0 Å². The molecule has 0 nitrogen and oxygen atoms in total. The second-order valence-corrected chi connectivity index (χ2v) is 10.6. The van der Waals surface area contributed by atoms with E-state index in [-0.39, 0.29) is 30.6 Å². The first-order chi connectivity index (χ1) is 13.5. The number of rotatable bonds is 3. The van der Waals surface area contributed by atoms with Gasteiger partial charge in [0, 0.05) is 0 Å². The summed E-state index contributed by atoms with van der Waals surface area (Å²) < 4.78 is 56.7. The summed E-state index contributed by atoms with van der Waals surface area (Å²) in [4.78, 5) is 0. The van der Waals surface area contributed by atoms with E-state index in [0.29, 0.717) is 5.92 Å². The minimum absolute atomic E-state index is 0.00730. The van der Waals surface area contributed by atoms with Crippen molar-refractivity contribution >= 4 is 0 Å². The van der Waals surface area contributed by atoms with Gasteiger partial charge in [-0.15, -0.1) is 0 Å². The SMILES string of the molecule is CCC1CCC(C2CCC3C(CCC(C4CC(F)C(F)C(F)C4)C3F)C2)CC1. The van der Waals surface area contributed by atoms with Crippen molar-refractivity contribution in [3.8, 4) is 0 Å². The van der Waals surface area contributed by atoms with Gasteiger partial charge in [0.05, 0.1) is 0 Å². The van der Waals surface area contributed by atoms with Crippen molar-refractivity contribution in [2.75, 3.05) is 0 Å². The number of hydrogen-bond donors (Lipinski definition) is 0. The summed E-state index contributed by atoms with van der Waals surface area (Å²) >= 11 is 0. The Morgan fingerprint density at radius 2 is 1.07 bits per heavy atom. The average Bonchev–Trinajstić information content (AvgIpc) is 2.72. The second-order valence-electron chi connectivity index (χ2n) is 10.6. The van der Waals surface area contributed by atoms with Gasteiger partial charge in [-0.25, -0.2) is 17.6 Å². The van der Waals surface area contributed by atoms with Crippen LogP contribution in [0.4, 0.5) is 17.6 Å². The molecule has 0 N–H and O–H groups in total. The highest BCUT2D eigenvalue weighted by atomic mass is 19.2. The predicted octanol–water partition coefficient (Wildman–Crippen LogP) is 7.41. The number of fused-ring (bicyclic) bond motifs is 1. The van der Waals surface area contributed by atoms with Crippen molar-refractivity contribution in [1.82, 2.24) is 0 Å². The van der Waals surface area contributed by atoms with E-state index in [1.165, 1.54) is 32.1 Å². The van der Waals surface area contributed by atoms with Gasteiger partial charge in [0.15, 0.2) is 6.17 Å². The van der Waals surface area contributed by atoms with Crippen molar-refractivity contribution in [3.05, 3.63) is 0 Å². The number of hydrogen-bond acceptors (Lipinski definition) is 0. The first kappa shape index (κ1) is 21.0. The fourth-order valence-corrected chi connectivity index (χ4v) is 7.46. The van der Waals surface area contributed by atoms with Crippen LogP contribution in [0.1, 0.15) is 84.0 Å². The van der Waals surface area contributed by atoms with Crippen molar-refractivity contribution in [1.29, 1.82) is 0 Å². The Bertz CT molecular complexity index is 491. The van der Waals surface area contributed by atoms with E-state index in [2.05, 4.69) is 6.92 Å². The van der Waals surface area contributed by atoms with E-state index in [9.17, 15) is 13.2 Å². The maximum atomic E-state index is 15.4. The molecule has 7 unspecified atom stereocenters. The number of halogens is 4. The third kappa shape index (κ3) is 4.13. The third-order valence-electron chi connectivity index (χ3n) is 9.26. The Hall–Kier alpha value is -0.280. The van der Waals surface area contributed by atoms with Crippen LogP contribution in [-0.2, 0) is 0 Å². The summed E-state index contributed by atoms with van der Waals surface area (Å²) in [7, 11) is 0. The van der Waals surface area contributed by atoms with Gasteiger partial charge in [0.1, 0.15) is 18.5 Å². The molecule has 0 radical (unpaired) electrons. The standard InChI is InChI=1S/C24H38F4/c1-2-14-3-5-15(6-4-14)16-7-9-19-17(11-16)8-10-20(23(19)27)18-12-21(25)24(28)22(26)13-18/h14-24H,2-13H2,1H3. The fraction of sp³-hybridized carbons (Fsp3) is 1.00. The molecule has 28 heavy (non-hydrogen) atoms. The molecule has 0 aliphatic heterocycles. The van der Waals surface area contributed by atoms with E-state index in [0.717, 1.165) is 49.9 Å². The van der Waals surface area contributed by atoms with Crippen LogP contribution in [0.2, 0.25) is 0 Å². The Morgan fingerprint density at radius 1 is 0.536 bits per heavy atom. The molecule has 0 heterocycles. The molecule has 4 fully saturated rings. The summed E-state index contributed by atoms with van der Waals surface area (Å²) in [5.41, 5.74) is 0. The molecule has 4 aliphatic rings. The molecule has 4 saturated carbocycles. The summed E-state index contributed by atoms with van der Waals surface area (Å²) in [6, 6.07) is 0. The minimum atomic E-state index is -2.01. The van der Waals surface area contributed by atoms with Crippen LogP contribution < -0.4 is 0 Å². The second kappa shape index (κ2) is 8.84. The van der Waals surface area contributed by atoms with Crippen molar-refractivity contribution in [2.24, 2.45) is 41.4 Å². The zero-order valence-corrected chi connectivity index (χ0v) is 17.3. The molecule has 0 bridgehead atoms. The lowest BCUT2D eigenvalue weighted by molar-refractivity contribution is -0.0579. The lowest BCUT2D eigenvalue weighted by Gasteiger charge is -2.49. The summed E-state index contributed by atoms with van der Waals surface area (Å²) in [6.07, 6.45) is 5.25. The molecule has 0 saturated heterocycles. The van der Waals surface area contributed by atoms with Crippen molar-refractivity contribution in [2.45, 2.75) is 109 Å². The van der Waals surface area contributed by atoms with Crippen LogP contribution >= 0.6 is 0 Å². The third-order valence-corrected chi connectivity index (χ3v) is 9.26. The summed E-state index contributed by atoms with van der Waals surface area (Å²) in [5, 5.41) is 0. The van der Waals surface area contributed by atoms with Gasteiger partial charge < -0.3 is 0 Å². The topological polar surface area (TPSA) is 0 Å². The quantitative estimate of drug-likeness (QED) is 0.431. The van der Waals surface area contributed by atoms with Gasteiger partial charge in [-0.05, 0) is 99.2 Å². The molecule has 0 aromatic carbocycles. The van der Waals surface area contributed by atoms with Crippen LogP contribution in [0.3, 0.4) is 0 Å². The largest absolute Gasteiger partial charge is 0.247 e. The fourth-order valence-electron chi connectivity index (χ4n) is 7.46. The molecule has 0 spiro atoms. The Kier molecular flexibility index (Phi) is 6.62. The normalized spacial score (nSPS) is 52.8. The maximum absolute atomic E-state index is 15.4. The van der Waals surface area contributed by atoms with Gasteiger partial charge in [-0.3, -0.25) is 0 Å². The van der Waals surface area contributed by atoms with Gasteiger partial charge in [0.2, 0.25) is 0 Å². The average molecular weight is 403 g/mol. The zero-order chi connectivity index (χ0) is 19.8. The highest BCUT2D eigenvalue weighted by molar-refractivity contribution is 4.98. The highest BCUT2D eigenvalue weighted by Crippen LogP contribution is 2.53. The predicted molar refractivity (Wildman–Crippen MR) is 105 cm³/mol. The molecule has 4 aliphatic carbocycles. The minimum Gasteiger partial charge on any atom is -0.247 e. The summed E-state index contributed by atoms with van der Waals surface area (Å²) in [6.45, 7) is 2.30. The van der Waals surface area contributed by atoms with Crippen LogP contribution in [0.25, 0.3) is 0 Å². The molecule has 0 amide bonds. The smallest absolute Gasteiger partial charge is 0.162 e. The van der Waals surface area contributed by atoms with E-state index < -0.39 is 24.7 Å². The van der Waals surface area contributed by atoms with Crippen molar-refractivity contribution < 1.29 is 17.6 Å². The van der Waals surface area contributed by atoms with Crippen LogP contribution in [-0.4, -0.2) is 24.7 Å². The molecule has 0 aromatic heterocycles. The monoisotopic (exact) mass is 402 g/mol. The first-order valence-electron chi connectivity index (χ1n) is 12.0. The lowest BCUT2D eigenvalue weighted by Crippen LogP contribution is -2.47. The van der Waals surface area contributed by atoms with Gasteiger partial charge in [0.25, 0.3) is 0 Å².